The van der Waals surface area contributed by atoms with E-state index >= 15 is 0 Å². The quantitative estimate of drug-likeness (QED) is 0.728. The summed E-state index contributed by atoms with van der Waals surface area (Å²) in [5.41, 5.74) is 16.6. The van der Waals surface area contributed by atoms with E-state index in [-0.39, 0.29) is 16.6 Å². The molecule has 0 bridgehead atoms. The fourth-order valence-electron chi connectivity index (χ4n) is 3.29. The van der Waals surface area contributed by atoms with Crippen LogP contribution < -0.4 is 11.5 Å². The highest BCUT2D eigenvalue weighted by Gasteiger charge is 2.40. The van der Waals surface area contributed by atoms with Gasteiger partial charge in [0.05, 0.1) is 0 Å². The van der Waals surface area contributed by atoms with Crippen LogP contribution in [0.4, 0.5) is 0 Å². The predicted octanol–water partition coefficient (Wildman–Crippen LogP) is 4.82. The van der Waals surface area contributed by atoms with Gasteiger partial charge in [-0.1, -0.05) is 69.4 Å². The molecule has 138 valence electrons. The highest BCUT2D eigenvalue weighted by Crippen LogP contribution is 2.46. The van der Waals surface area contributed by atoms with E-state index in [0.717, 1.165) is 16.7 Å². The van der Waals surface area contributed by atoms with Gasteiger partial charge in [-0.25, -0.2) is 0 Å². The van der Waals surface area contributed by atoms with Crippen molar-refractivity contribution < 1.29 is 5.11 Å². The number of hydrogen-bond donors (Lipinski definition) is 3. The van der Waals surface area contributed by atoms with Gasteiger partial charge in [-0.15, -0.1) is 0 Å². The molecule has 1 atom stereocenters. The Balaban J connectivity index is 2.63. The van der Waals surface area contributed by atoms with Gasteiger partial charge in [0, 0.05) is 33.4 Å². The molecule has 0 amide bonds. The van der Waals surface area contributed by atoms with E-state index in [1.807, 2.05) is 44.2 Å². The van der Waals surface area contributed by atoms with Gasteiger partial charge < -0.3 is 16.6 Å². The van der Waals surface area contributed by atoms with Gasteiger partial charge in [0.15, 0.2) is 0 Å². The number of phenols is 1. The Morgan fingerprint density at radius 1 is 1.15 bits per heavy atom. The average Bonchev–Trinajstić information content (AvgIpc) is 2.73. The third-order valence-electron chi connectivity index (χ3n) is 5.54. The minimum Gasteiger partial charge on any atom is -0.508 e. The summed E-state index contributed by atoms with van der Waals surface area (Å²) >= 11 is 0. The van der Waals surface area contributed by atoms with Crippen LogP contribution in [0.3, 0.4) is 0 Å². The second kappa shape index (κ2) is 7.28. The highest BCUT2D eigenvalue weighted by molar-refractivity contribution is 5.57. The Morgan fingerprint density at radius 3 is 2.31 bits per heavy atom. The smallest absolute Gasteiger partial charge is 0.115 e. The molecular formula is C23H30N2O. The molecule has 26 heavy (non-hydrogen) atoms. The highest BCUT2D eigenvalue weighted by atomic mass is 16.3. The van der Waals surface area contributed by atoms with Crippen molar-refractivity contribution in [3.63, 3.8) is 0 Å². The minimum atomic E-state index is -0.337. The van der Waals surface area contributed by atoms with Crippen LogP contribution >= 0.6 is 0 Å². The monoisotopic (exact) mass is 350 g/mol. The van der Waals surface area contributed by atoms with E-state index in [1.165, 1.54) is 0 Å². The summed E-state index contributed by atoms with van der Waals surface area (Å²) in [6.45, 7) is 10.4. The number of allylic oxidation sites excluding steroid dienone is 6. The summed E-state index contributed by atoms with van der Waals surface area (Å²) in [5.74, 6) is 0.265. The largest absolute Gasteiger partial charge is 0.508 e. The topological polar surface area (TPSA) is 72.3 Å². The summed E-state index contributed by atoms with van der Waals surface area (Å²) in [7, 11) is 0. The SMILES string of the molecule is C/C=C\C1=C(C(/N)=C\C)C=CC(C)(C(C)(C)c2ccc(O)cc2)C=C1N. The summed E-state index contributed by atoms with van der Waals surface area (Å²) in [5, 5.41) is 9.62. The lowest BCUT2D eigenvalue weighted by molar-refractivity contribution is 0.308. The van der Waals surface area contributed by atoms with Gasteiger partial charge >= 0.3 is 0 Å². The number of rotatable bonds is 4. The predicted molar refractivity (Wildman–Crippen MR) is 110 cm³/mol. The lowest BCUT2D eigenvalue weighted by atomic mass is 9.62. The molecular weight excluding hydrogens is 320 g/mol. The second-order valence-corrected chi connectivity index (χ2v) is 7.46. The Kier molecular flexibility index (Phi) is 5.50. The molecule has 1 aliphatic carbocycles. The van der Waals surface area contributed by atoms with Gasteiger partial charge in [0.2, 0.25) is 0 Å². The van der Waals surface area contributed by atoms with Crippen molar-refractivity contribution in [3.8, 4) is 5.75 Å². The lowest BCUT2D eigenvalue weighted by Crippen LogP contribution is -2.36. The molecule has 0 aromatic heterocycles. The maximum Gasteiger partial charge on any atom is 0.115 e. The van der Waals surface area contributed by atoms with Crippen molar-refractivity contribution in [3.05, 3.63) is 88.8 Å². The summed E-state index contributed by atoms with van der Waals surface area (Å²) in [4.78, 5) is 0. The normalized spacial score (nSPS) is 21.9. The molecule has 0 fully saturated rings. The Hall–Kier alpha value is -2.68. The Labute approximate surface area is 157 Å². The van der Waals surface area contributed by atoms with Crippen molar-refractivity contribution in [2.24, 2.45) is 16.9 Å². The average molecular weight is 351 g/mol. The second-order valence-electron chi connectivity index (χ2n) is 7.46. The molecule has 0 aliphatic heterocycles. The molecule has 0 spiro atoms. The fraction of sp³-hybridized carbons (Fsp3) is 0.304. The zero-order valence-corrected chi connectivity index (χ0v) is 16.4. The molecule has 0 saturated carbocycles. The van der Waals surface area contributed by atoms with Crippen LogP contribution in [0.1, 0.15) is 40.2 Å². The van der Waals surface area contributed by atoms with E-state index in [4.69, 9.17) is 11.5 Å². The van der Waals surface area contributed by atoms with Crippen molar-refractivity contribution >= 4 is 0 Å². The lowest BCUT2D eigenvalue weighted by Gasteiger charge is -2.41. The summed E-state index contributed by atoms with van der Waals surface area (Å²) in [6.07, 6.45) is 12.2. The van der Waals surface area contributed by atoms with Crippen LogP contribution in [0.2, 0.25) is 0 Å². The van der Waals surface area contributed by atoms with E-state index in [9.17, 15) is 5.11 Å². The van der Waals surface area contributed by atoms with Crippen LogP contribution in [0.5, 0.6) is 5.75 Å². The zero-order chi connectivity index (χ0) is 19.5. The molecule has 0 radical (unpaired) electrons. The maximum absolute atomic E-state index is 9.62. The first-order valence-corrected chi connectivity index (χ1v) is 8.93. The number of aromatic hydroxyl groups is 1. The molecule has 1 aliphatic rings. The van der Waals surface area contributed by atoms with Gasteiger partial charge in [-0.05, 0) is 31.5 Å². The molecule has 1 aromatic carbocycles. The molecule has 1 unspecified atom stereocenters. The Morgan fingerprint density at radius 2 is 1.77 bits per heavy atom. The first kappa shape index (κ1) is 19.6. The number of phenolic OH excluding ortho intramolecular Hbond substituents is 1. The summed E-state index contributed by atoms with van der Waals surface area (Å²) < 4.78 is 0. The zero-order valence-electron chi connectivity index (χ0n) is 16.4. The van der Waals surface area contributed by atoms with Gasteiger partial charge in [-0.2, -0.15) is 0 Å². The number of nitrogens with two attached hydrogens (primary N) is 2. The summed E-state index contributed by atoms with van der Waals surface area (Å²) in [6, 6.07) is 7.37. The molecule has 1 aromatic rings. The van der Waals surface area contributed by atoms with Crippen LogP contribution in [0.15, 0.2) is 83.3 Å². The third-order valence-corrected chi connectivity index (χ3v) is 5.54. The first-order chi connectivity index (χ1) is 12.2. The molecule has 5 N–H and O–H groups in total. The maximum atomic E-state index is 9.62. The molecule has 0 heterocycles. The molecule has 3 heteroatoms. The van der Waals surface area contributed by atoms with Gasteiger partial charge in [-0.3, -0.25) is 0 Å². The van der Waals surface area contributed by atoms with Crippen LogP contribution in [0, 0.1) is 5.41 Å². The van der Waals surface area contributed by atoms with Crippen LogP contribution in [0.25, 0.3) is 0 Å². The van der Waals surface area contributed by atoms with Gasteiger partial charge in [0.1, 0.15) is 5.75 Å². The Bertz CT molecular complexity index is 820. The molecule has 0 saturated heterocycles. The van der Waals surface area contributed by atoms with Crippen molar-refractivity contribution in [1.82, 2.24) is 0 Å². The van der Waals surface area contributed by atoms with Crippen molar-refractivity contribution in [2.75, 3.05) is 0 Å². The number of hydrogen-bond acceptors (Lipinski definition) is 3. The molecule has 3 nitrogen and oxygen atoms in total. The van der Waals surface area contributed by atoms with E-state index in [1.54, 1.807) is 12.1 Å². The van der Waals surface area contributed by atoms with E-state index in [0.29, 0.717) is 11.4 Å². The van der Waals surface area contributed by atoms with Crippen molar-refractivity contribution in [1.29, 1.82) is 0 Å². The minimum absolute atomic E-state index is 0.247. The first-order valence-electron chi connectivity index (χ1n) is 8.93. The van der Waals surface area contributed by atoms with Gasteiger partial charge in [0.25, 0.3) is 0 Å². The van der Waals surface area contributed by atoms with E-state index in [2.05, 4.69) is 39.0 Å². The van der Waals surface area contributed by atoms with Crippen LogP contribution in [-0.2, 0) is 5.41 Å². The van der Waals surface area contributed by atoms with E-state index < -0.39 is 0 Å². The molecule has 2 rings (SSSR count). The van der Waals surface area contributed by atoms with Crippen molar-refractivity contribution in [2.45, 2.75) is 40.0 Å². The standard InChI is InChI=1S/C23H30N2O/c1-6-8-18-19(20(24)7-2)13-14-23(5,15-21(18)25)22(3,4)16-9-11-17(26)12-10-16/h6-15,26H,24-25H2,1-5H3/b8-6-,20-7+. The third kappa shape index (κ3) is 3.48. The van der Waals surface area contributed by atoms with Crippen LogP contribution in [-0.4, -0.2) is 5.11 Å². The fourth-order valence-corrected chi connectivity index (χ4v) is 3.29. The number of benzene rings is 1.